The van der Waals surface area contributed by atoms with Crippen molar-refractivity contribution in [1.82, 2.24) is 0 Å². The molecule has 0 aliphatic heterocycles. The van der Waals surface area contributed by atoms with Crippen LogP contribution in [0.1, 0.15) is 6.92 Å². The van der Waals surface area contributed by atoms with Gasteiger partial charge in [0.2, 0.25) is 0 Å². The maximum Gasteiger partial charge on any atom is 0.495 e. The fourth-order valence-electron chi connectivity index (χ4n) is 1.28. The van der Waals surface area contributed by atoms with Gasteiger partial charge in [0.05, 0.1) is 22.7 Å². The third kappa shape index (κ3) is 3.44. The molecular weight excluding hydrogens is 243 g/mol. The fraction of sp³-hybridized carbons (Fsp3) is 0.222. The zero-order valence-corrected chi connectivity index (χ0v) is 9.49. The zero-order valence-electron chi connectivity index (χ0n) is 9.49. The smallest absolute Gasteiger partial charge is 0.450 e. The lowest BCUT2D eigenvalue weighted by molar-refractivity contribution is -0.383. The fourth-order valence-corrected chi connectivity index (χ4v) is 1.28. The van der Waals surface area contributed by atoms with Gasteiger partial charge in [0.15, 0.2) is 0 Å². The first kappa shape index (κ1) is 13.9. The summed E-state index contributed by atoms with van der Waals surface area (Å²) in [5.41, 5.74) is -0.627. The molecule has 0 saturated carbocycles. The summed E-state index contributed by atoms with van der Waals surface area (Å²) < 4.78 is 4.61. The molecule has 0 spiro atoms. The molecular formula is C9H11BN2O6. The van der Waals surface area contributed by atoms with E-state index in [1.165, 1.54) is 6.07 Å². The van der Waals surface area contributed by atoms with Gasteiger partial charge in [-0.25, -0.2) is 4.79 Å². The van der Waals surface area contributed by atoms with E-state index in [1.54, 1.807) is 6.92 Å². The molecule has 8 nitrogen and oxygen atoms in total. The van der Waals surface area contributed by atoms with Crippen molar-refractivity contribution in [1.29, 1.82) is 0 Å². The van der Waals surface area contributed by atoms with Gasteiger partial charge in [-0.1, -0.05) is 6.07 Å². The van der Waals surface area contributed by atoms with Crippen LogP contribution in [0, 0.1) is 10.1 Å². The van der Waals surface area contributed by atoms with Crippen molar-refractivity contribution in [2.24, 2.45) is 0 Å². The number of amides is 1. The molecule has 1 amide bonds. The number of benzene rings is 1. The average molecular weight is 254 g/mol. The number of nitro benzene ring substituents is 1. The topological polar surface area (TPSA) is 122 Å². The lowest BCUT2D eigenvalue weighted by atomic mass is 9.79. The quantitative estimate of drug-likeness (QED) is 0.390. The van der Waals surface area contributed by atoms with Crippen LogP contribution in [0.4, 0.5) is 16.2 Å². The van der Waals surface area contributed by atoms with Crippen LogP contribution in [0.15, 0.2) is 18.2 Å². The van der Waals surface area contributed by atoms with Crippen LogP contribution in [0.5, 0.6) is 0 Å². The molecule has 0 heterocycles. The average Bonchev–Trinajstić information content (AvgIpc) is 2.28. The number of carbonyl (C=O) groups is 1. The molecule has 1 aromatic carbocycles. The Balaban J connectivity index is 3.00. The van der Waals surface area contributed by atoms with Crippen molar-refractivity contribution in [3.05, 3.63) is 28.3 Å². The Labute approximate surface area is 102 Å². The summed E-state index contributed by atoms with van der Waals surface area (Å²) in [5, 5.41) is 30.9. The predicted octanol–water partition coefficient (Wildman–Crippen LogP) is -0.157. The Bertz CT molecular complexity index is 464. The van der Waals surface area contributed by atoms with E-state index >= 15 is 0 Å². The summed E-state index contributed by atoms with van der Waals surface area (Å²) in [7, 11) is -1.96. The molecule has 0 radical (unpaired) electrons. The van der Waals surface area contributed by atoms with E-state index in [0.717, 1.165) is 12.1 Å². The zero-order chi connectivity index (χ0) is 13.7. The molecule has 0 bridgehead atoms. The van der Waals surface area contributed by atoms with Crippen LogP contribution in [0.25, 0.3) is 0 Å². The number of hydrogen-bond donors (Lipinski definition) is 3. The normalized spacial score (nSPS) is 9.72. The van der Waals surface area contributed by atoms with Crippen LogP contribution < -0.4 is 10.8 Å². The Kier molecular flexibility index (Phi) is 4.63. The summed E-state index contributed by atoms with van der Waals surface area (Å²) in [4.78, 5) is 21.1. The second-order valence-electron chi connectivity index (χ2n) is 3.25. The summed E-state index contributed by atoms with van der Waals surface area (Å²) >= 11 is 0. The minimum Gasteiger partial charge on any atom is -0.450 e. The number of nitrogens with zero attached hydrogens (tertiary/aromatic N) is 1. The van der Waals surface area contributed by atoms with Gasteiger partial charge in [-0.05, 0) is 13.0 Å². The Morgan fingerprint density at radius 3 is 2.72 bits per heavy atom. The van der Waals surface area contributed by atoms with Gasteiger partial charge in [-0.15, -0.1) is 0 Å². The van der Waals surface area contributed by atoms with Gasteiger partial charge in [0.1, 0.15) is 0 Å². The summed E-state index contributed by atoms with van der Waals surface area (Å²) in [6.45, 7) is 1.79. The van der Waals surface area contributed by atoms with E-state index in [0.29, 0.717) is 0 Å². The number of nitro groups is 1. The minimum atomic E-state index is -1.96. The Hall–Kier alpha value is -2.13. The standard InChI is InChI=1S/C9H11BN2O6/c1-2-18-9(13)11-6-3-4-7(10(14)15)8(5-6)12(16)17/h3-5,14-15H,2H2,1H3,(H,11,13). The second-order valence-corrected chi connectivity index (χ2v) is 3.25. The molecule has 3 N–H and O–H groups in total. The van der Waals surface area contributed by atoms with Crippen molar-refractivity contribution >= 4 is 30.0 Å². The molecule has 0 fully saturated rings. The number of anilines is 1. The van der Waals surface area contributed by atoms with Crippen LogP contribution in [0.3, 0.4) is 0 Å². The summed E-state index contributed by atoms with van der Waals surface area (Å²) in [6, 6.07) is 3.47. The molecule has 1 rings (SSSR count). The highest BCUT2D eigenvalue weighted by atomic mass is 16.6. The third-order valence-corrected chi connectivity index (χ3v) is 2.03. The number of nitrogens with one attached hydrogen (secondary N) is 1. The van der Waals surface area contributed by atoms with E-state index in [-0.39, 0.29) is 17.8 Å². The van der Waals surface area contributed by atoms with Crippen molar-refractivity contribution < 1.29 is 24.5 Å². The van der Waals surface area contributed by atoms with Crippen molar-refractivity contribution in [3.63, 3.8) is 0 Å². The minimum absolute atomic E-state index is 0.129. The molecule has 0 aliphatic carbocycles. The van der Waals surface area contributed by atoms with Crippen molar-refractivity contribution in [2.75, 3.05) is 11.9 Å². The first-order chi connectivity index (χ1) is 8.45. The van der Waals surface area contributed by atoms with Gasteiger partial charge in [0, 0.05) is 6.07 Å². The summed E-state index contributed by atoms with van der Waals surface area (Å²) in [5.74, 6) is 0. The molecule has 18 heavy (non-hydrogen) atoms. The number of hydrogen-bond acceptors (Lipinski definition) is 6. The largest absolute Gasteiger partial charge is 0.495 e. The van der Waals surface area contributed by atoms with Crippen LogP contribution >= 0.6 is 0 Å². The predicted molar refractivity (Wildman–Crippen MR) is 63.6 cm³/mol. The second kappa shape index (κ2) is 5.98. The van der Waals surface area contributed by atoms with E-state index in [2.05, 4.69) is 10.1 Å². The van der Waals surface area contributed by atoms with Crippen molar-refractivity contribution in [3.8, 4) is 0 Å². The maximum atomic E-state index is 11.1. The van der Waals surface area contributed by atoms with Crippen LogP contribution in [0.2, 0.25) is 0 Å². The highest BCUT2D eigenvalue weighted by Crippen LogP contribution is 2.16. The van der Waals surface area contributed by atoms with Crippen LogP contribution in [-0.4, -0.2) is 34.8 Å². The first-order valence-corrected chi connectivity index (χ1v) is 5.04. The van der Waals surface area contributed by atoms with Crippen molar-refractivity contribution in [2.45, 2.75) is 6.92 Å². The number of rotatable bonds is 4. The first-order valence-electron chi connectivity index (χ1n) is 5.04. The highest BCUT2D eigenvalue weighted by molar-refractivity contribution is 6.60. The van der Waals surface area contributed by atoms with Crippen LogP contribution in [-0.2, 0) is 4.74 Å². The molecule has 1 aromatic rings. The van der Waals surface area contributed by atoms with Gasteiger partial charge >= 0.3 is 13.2 Å². The summed E-state index contributed by atoms with van der Waals surface area (Å²) in [6.07, 6.45) is -0.746. The van der Waals surface area contributed by atoms with Gasteiger partial charge < -0.3 is 14.8 Å². The van der Waals surface area contributed by atoms with Gasteiger partial charge in [-0.3, -0.25) is 15.4 Å². The van der Waals surface area contributed by atoms with E-state index in [4.69, 9.17) is 10.0 Å². The van der Waals surface area contributed by atoms with E-state index in [1.807, 2.05) is 0 Å². The lowest BCUT2D eigenvalue weighted by Crippen LogP contribution is -2.32. The lowest BCUT2D eigenvalue weighted by Gasteiger charge is -2.07. The maximum absolute atomic E-state index is 11.1. The van der Waals surface area contributed by atoms with Gasteiger partial charge in [-0.2, -0.15) is 0 Å². The molecule has 0 aromatic heterocycles. The van der Waals surface area contributed by atoms with E-state index < -0.39 is 23.8 Å². The van der Waals surface area contributed by atoms with Gasteiger partial charge in [0.25, 0.3) is 5.69 Å². The van der Waals surface area contributed by atoms with E-state index in [9.17, 15) is 14.9 Å². The molecule has 0 unspecified atom stereocenters. The number of carbonyl (C=O) groups excluding carboxylic acids is 1. The Morgan fingerprint density at radius 2 is 2.22 bits per heavy atom. The molecule has 0 saturated heterocycles. The third-order valence-electron chi connectivity index (χ3n) is 2.03. The highest BCUT2D eigenvalue weighted by Gasteiger charge is 2.24. The molecule has 0 atom stereocenters. The number of ether oxygens (including phenoxy) is 1. The molecule has 96 valence electrons. The molecule has 0 aliphatic rings. The monoisotopic (exact) mass is 254 g/mol. The Morgan fingerprint density at radius 1 is 1.56 bits per heavy atom. The SMILES string of the molecule is CCOC(=O)Nc1ccc(B(O)O)c([N+](=O)[O-])c1. The molecule has 9 heteroatoms.